The number of amides is 4. The molecule has 2 fully saturated rings. The lowest BCUT2D eigenvalue weighted by Gasteiger charge is -2.58. The van der Waals surface area contributed by atoms with E-state index in [4.69, 9.17) is 33.9 Å². The topological polar surface area (TPSA) is 151 Å². The number of esters is 2. The Morgan fingerprint density at radius 1 is 0.923 bits per heavy atom. The summed E-state index contributed by atoms with van der Waals surface area (Å²) < 4.78 is 10.2. The van der Waals surface area contributed by atoms with E-state index in [0.29, 0.717) is 0 Å². The molecule has 4 amide bonds. The summed E-state index contributed by atoms with van der Waals surface area (Å²) in [6.45, 7) is 3.60. The molecule has 0 aromatic heterocycles. The van der Waals surface area contributed by atoms with Crippen molar-refractivity contribution in [1.82, 2.24) is 20.4 Å². The molecule has 0 aromatic rings. The van der Waals surface area contributed by atoms with Crippen molar-refractivity contribution in [2.75, 3.05) is 27.8 Å². The SMILES string of the molecule is COC(=O)CC1(C2(C3(CC(=O)OCC(C)C)C(=O)NC(=S)N(C)C3=O)C=CC=CC2)C(=O)NC(=S)N(C)C1=O. The largest absolute Gasteiger partial charge is 0.469 e. The highest BCUT2D eigenvalue weighted by molar-refractivity contribution is 7.80. The van der Waals surface area contributed by atoms with Gasteiger partial charge in [-0.25, -0.2) is 0 Å². The number of allylic oxidation sites excluding steroid dienone is 4. The molecule has 2 heterocycles. The number of hydrogen-bond acceptors (Lipinski definition) is 10. The number of carbonyl (C=O) groups excluding carboxylic acids is 6. The van der Waals surface area contributed by atoms with Crippen LogP contribution < -0.4 is 10.6 Å². The summed E-state index contributed by atoms with van der Waals surface area (Å²) in [5, 5.41) is 4.41. The van der Waals surface area contributed by atoms with E-state index in [1.54, 1.807) is 26.0 Å². The van der Waals surface area contributed by atoms with Crippen LogP contribution >= 0.6 is 24.4 Å². The van der Waals surface area contributed by atoms with Crippen LogP contribution in [0, 0.1) is 22.2 Å². The number of methoxy groups -OCH3 is 1. The minimum atomic E-state index is -2.46. The number of ether oxygens (including phenoxy) is 2. The second kappa shape index (κ2) is 10.9. The van der Waals surface area contributed by atoms with Gasteiger partial charge in [0.2, 0.25) is 23.6 Å². The lowest BCUT2D eigenvalue weighted by Crippen LogP contribution is -2.77. The second-order valence-electron chi connectivity index (χ2n) is 10.0. The molecule has 2 aliphatic heterocycles. The van der Waals surface area contributed by atoms with E-state index in [1.165, 1.54) is 26.2 Å². The van der Waals surface area contributed by atoms with Crippen LogP contribution in [0.2, 0.25) is 0 Å². The maximum Gasteiger partial charge on any atom is 0.307 e. The Bertz CT molecular complexity index is 1230. The Labute approximate surface area is 236 Å². The molecule has 0 radical (unpaired) electrons. The van der Waals surface area contributed by atoms with Crippen LogP contribution in [0.15, 0.2) is 24.3 Å². The highest BCUT2D eigenvalue weighted by atomic mass is 32.1. The van der Waals surface area contributed by atoms with Gasteiger partial charge in [0.15, 0.2) is 10.2 Å². The van der Waals surface area contributed by atoms with Gasteiger partial charge in [-0.05, 0) is 36.8 Å². The van der Waals surface area contributed by atoms with Gasteiger partial charge in [-0.2, -0.15) is 0 Å². The van der Waals surface area contributed by atoms with Crippen LogP contribution in [0.25, 0.3) is 0 Å². The molecule has 0 bridgehead atoms. The highest BCUT2D eigenvalue weighted by Gasteiger charge is 2.77. The first kappa shape index (κ1) is 30.0. The molecule has 0 spiro atoms. The van der Waals surface area contributed by atoms with Crippen molar-refractivity contribution in [3.05, 3.63) is 24.3 Å². The Morgan fingerprint density at radius 2 is 1.41 bits per heavy atom. The first-order valence-electron chi connectivity index (χ1n) is 12.1. The predicted octanol–water partition coefficient (Wildman–Crippen LogP) is 0.360. The molecular formula is C25H30N4O8S2. The molecule has 3 atom stereocenters. The van der Waals surface area contributed by atoms with Crippen molar-refractivity contribution in [2.24, 2.45) is 22.2 Å². The van der Waals surface area contributed by atoms with Crippen LogP contribution in [0.5, 0.6) is 0 Å². The summed E-state index contributed by atoms with van der Waals surface area (Å²) in [6, 6.07) is 0. The van der Waals surface area contributed by atoms with Crippen molar-refractivity contribution < 1.29 is 38.2 Å². The molecule has 39 heavy (non-hydrogen) atoms. The minimum Gasteiger partial charge on any atom is -0.469 e. The van der Waals surface area contributed by atoms with E-state index in [9.17, 15) is 28.8 Å². The fraction of sp³-hybridized carbons (Fsp3) is 0.520. The first-order chi connectivity index (χ1) is 18.2. The van der Waals surface area contributed by atoms with Gasteiger partial charge in [-0.1, -0.05) is 38.2 Å². The third-order valence-corrected chi connectivity index (χ3v) is 8.13. The van der Waals surface area contributed by atoms with Crippen molar-refractivity contribution in [1.29, 1.82) is 0 Å². The second-order valence-corrected chi connectivity index (χ2v) is 10.8. The molecule has 12 nitrogen and oxygen atoms in total. The third-order valence-electron chi connectivity index (χ3n) is 7.38. The van der Waals surface area contributed by atoms with E-state index in [0.717, 1.165) is 16.9 Å². The van der Waals surface area contributed by atoms with Crippen molar-refractivity contribution in [2.45, 2.75) is 33.1 Å². The fourth-order valence-corrected chi connectivity index (χ4v) is 5.73. The molecule has 3 unspecified atom stereocenters. The zero-order valence-corrected chi connectivity index (χ0v) is 23.8. The van der Waals surface area contributed by atoms with Gasteiger partial charge in [0.25, 0.3) is 0 Å². The molecule has 0 saturated carbocycles. The molecule has 0 aromatic carbocycles. The number of thiocarbonyl (C=S) groups is 2. The van der Waals surface area contributed by atoms with Gasteiger partial charge < -0.3 is 20.1 Å². The van der Waals surface area contributed by atoms with Gasteiger partial charge in [-0.3, -0.25) is 38.6 Å². The van der Waals surface area contributed by atoms with Gasteiger partial charge in [0, 0.05) is 19.5 Å². The number of carbonyl (C=O) groups is 6. The van der Waals surface area contributed by atoms with Gasteiger partial charge >= 0.3 is 11.9 Å². The van der Waals surface area contributed by atoms with Crippen molar-refractivity contribution >= 4 is 70.2 Å². The Morgan fingerprint density at radius 3 is 1.82 bits per heavy atom. The molecule has 2 N–H and O–H groups in total. The molecule has 210 valence electrons. The lowest BCUT2D eigenvalue weighted by molar-refractivity contribution is -0.186. The summed E-state index contributed by atoms with van der Waals surface area (Å²) in [4.78, 5) is 84.5. The van der Waals surface area contributed by atoms with Gasteiger partial charge in [-0.15, -0.1) is 0 Å². The van der Waals surface area contributed by atoms with Gasteiger partial charge in [0.05, 0.1) is 26.6 Å². The molecule has 1 aliphatic carbocycles. The van der Waals surface area contributed by atoms with Crippen molar-refractivity contribution in [3.8, 4) is 0 Å². The first-order valence-corrected chi connectivity index (χ1v) is 12.9. The van der Waals surface area contributed by atoms with E-state index in [1.807, 2.05) is 0 Å². The van der Waals surface area contributed by atoms with Gasteiger partial charge in [0.1, 0.15) is 10.8 Å². The number of hydrogen-bond donors (Lipinski definition) is 2. The summed E-state index contributed by atoms with van der Waals surface area (Å²) in [6.07, 6.45) is 3.95. The zero-order chi connectivity index (χ0) is 29.3. The van der Waals surface area contributed by atoms with E-state index >= 15 is 0 Å². The number of nitrogens with zero attached hydrogens (tertiary/aromatic N) is 2. The normalized spacial score (nSPS) is 29.0. The van der Waals surface area contributed by atoms with Crippen LogP contribution in [-0.2, 0) is 38.2 Å². The fourth-order valence-electron chi connectivity index (χ4n) is 5.37. The smallest absolute Gasteiger partial charge is 0.307 e. The molecule has 3 rings (SSSR count). The standard InChI is InChI=1S/C25H30N4O8S2/c1-14(2)13-37-16(31)12-25(18(33)27-22(39)29(4)20(25)35)23(9-7-6-8-10-23)24(11-15(30)36-5)17(32)26-21(38)28(3)19(24)34/h6-9,14H,10-13H2,1-5H3,(H,26,32,38)(H,27,33,39). The summed E-state index contributed by atoms with van der Waals surface area (Å²) >= 11 is 10.3. The third kappa shape index (κ3) is 4.54. The molecule has 14 heteroatoms. The lowest BCUT2D eigenvalue weighted by atomic mass is 9.44. The van der Waals surface area contributed by atoms with Crippen molar-refractivity contribution in [3.63, 3.8) is 0 Å². The van der Waals surface area contributed by atoms with Crippen LogP contribution in [0.1, 0.15) is 33.1 Å². The monoisotopic (exact) mass is 578 g/mol. The summed E-state index contributed by atoms with van der Waals surface area (Å²) in [5.41, 5.74) is -7.03. The predicted molar refractivity (Wildman–Crippen MR) is 144 cm³/mol. The Balaban J connectivity index is 2.44. The van der Waals surface area contributed by atoms with E-state index < -0.39 is 64.7 Å². The maximum absolute atomic E-state index is 14.3. The number of nitrogens with one attached hydrogen (secondary N) is 2. The van der Waals surface area contributed by atoms with Crippen LogP contribution in [-0.4, -0.2) is 83.4 Å². The van der Waals surface area contributed by atoms with E-state index in [2.05, 4.69) is 10.6 Å². The highest BCUT2D eigenvalue weighted by Crippen LogP contribution is 2.62. The Kier molecular flexibility index (Phi) is 8.41. The molecule has 3 aliphatic rings. The zero-order valence-electron chi connectivity index (χ0n) is 22.2. The number of rotatable bonds is 8. The average molecular weight is 579 g/mol. The minimum absolute atomic E-state index is 0.00849. The van der Waals surface area contributed by atoms with Crippen LogP contribution in [0.3, 0.4) is 0 Å². The quantitative estimate of drug-likeness (QED) is 0.235. The average Bonchev–Trinajstić information content (AvgIpc) is 2.90. The van der Waals surface area contributed by atoms with Crippen LogP contribution in [0.4, 0.5) is 0 Å². The summed E-state index contributed by atoms with van der Waals surface area (Å²) in [5.74, 6) is -5.88. The Hall–Kier alpha value is -3.52. The maximum atomic E-state index is 14.3. The summed E-state index contributed by atoms with van der Waals surface area (Å²) in [7, 11) is 3.66. The molecule has 2 saturated heterocycles. The van der Waals surface area contributed by atoms with E-state index in [-0.39, 0.29) is 29.2 Å². The molecular weight excluding hydrogens is 548 g/mol.